The first-order valence-electron chi connectivity index (χ1n) is 5.97. The number of carboxylic acids is 1. The van der Waals surface area contributed by atoms with Gasteiger partial charge in [0.25, 0.3) is 5.91 Å². The molecule has 0 aromatic heterocycles. The monoisotopic (exact) mass is 298 g/mol. The van der Waals surface area contributed by atoms with Gasteiger partial charge in [-0.15, -0.1) is 0 Å². The second kappa shape index (κ2) is 5.44. The fourth-order valence-electron chi connectivity index (χ4n) is 2.22. The number of rotatable bonds is 3. The molecule has 0 aliphatic carbocycles. The smallest absolute Gasteiger partial charge is 0.326 e. The molecule has 0 saturated carbocycles. The summed E-state index contributed by atoms with van der Waals surface area (Å²) < 4.78 is 13.2. The molecule has 1 fully saturated rings. The minimum atomic E-state index is -1.28. The summed E-state index contributed by atoms with van der Waals surface area (Å²) in [5, 5.41) is 29.1. The van der Waals surface area contributed by atoms with Gasteiger partial charge in [0.1, 0.15) is 6.04 Å². The Morgan fingerprint density at radius 1 is 1.43 bits per heavy atom. The van der Waals surface area contributed by atoms with Crippen molar-refractivity contribution in [2.45, 2.75) is 18.6 Å². The van der Waals surface area contributed by atoms with Crippen LogP contribution in [0.25, 0.3) is 0 Å². The molecular formula is C12H11FN2O6. The summed E-state index contributed by atoms with van der Waals surface area (Å²) in [6, 6.07) is 1.35. The molecule has 1 aliphatic rings. The maximum Gasteiger partial charge on any atom is 0.326 e. The fourth-order valence-corrected chi connectivity index (χ4v) is 2.22. The largest absolute Gasteiger partial charge is 0.480 e. The predicted molar refractivity (Wildman–Crippen MR) is 66.1 cm³/mol. The van der Waals surface area contributed by atoms with Crippen molar-refractivity contribution in [3.8, 4) is 0 Å². The predicted octanol–water partition coefficient (Wildman–Crippen LogP) is 0.394. The van der Waals surface area contributed by atoms with E-state index in [0.717, 1.165) is 23.1 Å². The van der Waals surface area contributed by atoms with E-state index in [2.05, 4.69) is 0 Å². The fraction of sp³-hybridized carbons (Fsp3) is 0.333. The van der Waals surface area contributed by atoms with Gasteiger partial charge in [-0.25, -0.2) is 4.79 Å². The molecule has 0 radical (unpaired) electrons. The van der Waals surface area contributed by atoms with E-state index in [1.54, 1.807) is 0 Å². The number of hydrogen-bond acceptors (Lipinski definition) is 5. The van der Waals surface area contributed by atoms with E-state index in [9.17, 15) is 29.2 Å². The summed E-state index contributed by atoms with van der Waals surface area (Å²) in [5.41, 5.74) is -1.07. The summed E-state index contributed by atoms with van der Waals surface area (Å²) in [5.74, 6) is -3.17. The molecule has 1 aliphatic heterocycles. The van der Waals surface area contributed by atoms with E-state index in [1.807, 2.05) is 0 Å². The quantitative estimate of drug-likeness (QED) is 0.615. The number of halogens is 1. The number of nitrogens with zero attached hydrogens (tertiary/aromatic N) is 2. The average Bonchev–Trinajstić information content (AvgIpc) is 2.80. The molecule has 2 rings (SSSR count). The molecule has 0 unspecified atom stereocenters. The number of aliphatic hydroxyl groups is 1. The maximum absolute atomic E-state index is 13.2. The van der Waals surface area contributed by atoms with Crippen LogP contribution in [0.15, 0.2) is 18.2 Å². The molecule has 1 aromatic carbocycles. The van der Waals surface area contributed by atoms with Crippen LogP contribution >= 0.6 is 0 Å². The molecule has 8 nitrogen and oxygen atoms in total. The van der Waals surface area contributed by atoms with Gasteiger partial charge in [-0.3, -0.25) is 14.9 Å². The van der Waals surface area contributed by atoms with Gasteiger partial charge in [0.05, 0.1) is 11.0 Å². The van der Waals surface area contributed by atoms with Crippen LogP contribution in [-0.4, -0.2) is 50.6 Å². The topological polar surface area (TPSA) is 121 Å². The van der Waals surface area contributed by atoms with Crippen molar-refractivity contribution in [2.24, 2.45) is 0 Å². The molecule has 1 amide bonds. The Labute approximate surface area is 117 Å². The number of amides is 1. The van der Waals surface area contributed by atoms with Crippen LogP contribution in [0.4, 0.5) is 10.1 Å². The molecule has 1 aromatic rings. The van der Waals surface area contributed by atoms with E-state index in [1.165, 1.54) is 0 Å². The highest BCUT2D eigenvalue weighted by atomic mass is 19.1. The van der Waals surface area contributed by atoms with Gasteiger partial charge >= 0.3 is 11.7 Å². The first-order valence-corrected chi connectivity index (χ1v) is 5.97. The van der Waals surface area contributed by atoms with Gasteiger partial charge < -0.3 is 15.1 Å². The number of carboxylic acid groups (broad SMARTS) is 1. The van der Waals surface area contributed by atoms with Gasteiger partial charge in [-0.1, -0.05) is 0 Å². The third-order valence-electron chi connectivity index (χ3n) is 3.21. The first kappa shape index (κ1) is 14.9. The number of nitro benzene ring substituents is 1. The van der Waals surface area contributed by atoms with Crippen molar-refractivity contribution in [3.63, 3.8) is 0 Å². The van der Waals surface area contributed by atoms with Crippen LogP contribution in [0.1, 0.15) is 16.8 Å². The van der Waals surface area contributed by atoms with Crippen LogP contribution in [0.3, 0.4) is 0 Å². The van der Waals surface area contributed by atoms with Crippen molar-refractivity contribution in [1.29, 1.82) is 0 Å². The molecule has 0 spiro atoms. The van der Waals surface area contributed by atoms with Gasteiger partial charge in [-0.2, -0.15) is 4.39 Å². The molecule has 1 saturated heterocycles. The average molecular weight is 298 g/mol. The van der Waals surface area contributed by atoms with E-state index in [0.29, 0.717) is 0 Å². The lowest BCUT2D eigenvalue weighted by Gasteiger charge is -2.21. The molecular weight excluding hydrogens is 287 g/mol. The minimum Gasteiger partial charge on any atom is -0.480 e. The number of benzene rings is 1. The second-order valence-corrected chi connectivity index (χ2v) is 4.62. The Balaban J connectivity index is 2.33. The Morgan fingerprint density at radius 2 is 2.10 bits per heavy atom. The van der Waals surface area contributed by atoms with E-state index >= 15 is 0 Å². The summed E-state index contributed by atoms with van der Waals surface area (Å²) in [6.45, 7) is -0.193. The Bertz CT molecular complexity index is 620. The summed E-state index contributed by atoms with van der Waals surface area (Å²) in [6.07, 6.45) is -1.10. The zero-order chi connectivity index (χ0) is 15.7. The summed E-state index contributed by atoms with van der Waals surface area (Å²) in [7, 11) is 0. The van der Waals surface area contributed by atoms with Gasteiger partial charge in [0, 0.05) is 24.6 Å². The molecule has 2 N–H and O–H groups in total. The Kier molecular flexibility index (Phi) is 3.85. The molecule has 1 heterocycles. The molecule has 2 atom stereocenters. The molecule has 112 valence electrons. The van der Waals surface area contributed by atoms with Crippen molar-refractivity contribution >= 4 is 17.6 Å². The van der Waals surface area contributed by atoms with Crippen LogP contribution in [0.2, 0.25) is 0 Å². The number of aliphatic hydroxyl groups excluding tert-OH is 1. The van der Waals surface area contributed by atoms with Crippen molar-refractivity contribution in [2.75, 3.05) is 6.54 Å². The van der Waals surface area contributed by atoms with Crippen LogP contribution in [-0.2, 0) is 4.79 Å². The third kappa shape index (κ3) is 2.82. The SMILES string of the molecule is O=C(O)[C@H]1C[C@@H](O)CN1C(=O)c1ccc(F)c([N+](=O)[O-])c1. The van der Waals surface area contributed by atoms with Crippen molar-refractivity contribution in [3.05, 3.63) is 39.7 Å². The zero-order valence-corrected chi connectivity index (χ0v) is 10.6. The van der Waals surface area contributed by atoms with Crippen molar-refractivity contribution < 1.29 is 29.1 Å². The van der Waals surface area contributed by atoms with E-state index in [4.69, 9.17) is 5.11 Å². The first-order chi connectivity index (χ1) is 9.81. The number of carbonyl (C=O) groups excluding carboxylic acids is 1. The molecule has 0 bridgehead atoms. The number of aliphatic carboxylic acids is 1. The highest BCUT2D eigenvalue weighted by molar-refractivity contribution is 5.97. The lowest BCUT2D eigenvalue weighted by atomic mass is 10.1. The Hall–Kier alpha value is -2.55. The lowest BCUT2D eigenvalue weighted by molar-refractivity contribution is -0.387. The third-order valence-corrected chi connectivity index (χ3v) is 3.21. The Morgan fingerprint density at radius 3 is 2.67 bits per heavy atom. The van der Waals surface area contributed by atoms with Crippen LogP contribution in [0, 0.1) is 15.9 Å². The number of nitro groups is 1. The van der Waals surface area contributed by atoms with E-state index in [-0.39, 0.29) is 18.5 Å². The summed E-state index contributed by atoms with van der Waals surface area (Å²) >= 11 is 0. The zero-order valence-electron chi connectivity index (χ0n) is 10.6. The number of β-amino-alcohol motifs (C(OH)–C–C–N with tert-alkyl or cyclic N) is 1. The van der Waals surface area contributed by atoms with Crippen LogP contribution < -0.4 is 0 Å². The summed E-state index contributed by atoms with van der Waals surface area (Å²) in [4.78, 5) is 33.8. The molecule has 21 heavy (non-hydrogen) atoms. The highest BCUT2D eigenvalue weighted by Crippen LogP contribution is 2.24. The number of hydrogen-bond donors (Lipinski definition) is 2. The lowest BCUT2D eigenvalue weighted by Crippen LogP contribution is -2.40. The van der Waals surface area contributed by atoms with Crippen LogP contribution in [0.5, 0.6) is 0 Å². The maximum atomic E-state index is 13.2. The highest BCUT2D eigenvalue weighted by Gasteiger charge is 2.39. The van der Waals surface area contributed by atoms with Gasteiger partial charge in [0.2, 0.25) is 5.82 Å². The normalized spacial score (nSPS) is 21.3. The van der Waals surface area contributed by atoms with Crippen molar-refractivity contribution in [1.82, 2.24) is 4.90 Å². The van der Waals surface area contributed by atoms with Gasteiger partial charge in [0.15, 0.2) is 0 Å². The number of likely N-dealkylation sites (tertiary alicyclic amines) is 1. The van der Waals surface area contributed by atoms with E-state index < -0.39 is 40.5 Å². The minimum absolute atomic E-state index is 0.121. The standard InChI is InChI=1S/C12H11FN2O6/c13-8-2-1-6(3-9(8)15(20)21)11(17)14-5-7(16)4-10(14)12(18)19/h1-3,7,10,16H,4-5H2,(H,18,19)/t7-,10-/m1/s1. The van der Waals surface area contributed by atoms with Gasteiger partial charge in [-0.05, 0) is 12.1 Å². The molecule has 9 heteroatoms. The number of carbonyl (C=O) groups is 2. The second-order valence-electron chi connectivity index (χ2n) is 4.62.